The maximum Gasteiger partial charge on any atom is 0.191 e. The molecule has 2 aliphatic rings. The zero-order valence-corrected chi connectivity index (χ0v) is 18.9. The third kappa shape index (κ3) is 5.26. The molecule has 0 bridgehead atoms. The Kier molecular flexibility index (Phi) is 6.32. The zero-order chi connectivity index (χ0) is 22.0. The monoisotopic (exact) mass is 443 g/mol. The van der Waals surface area contributed by atoms with Gasteiger partial charge in [-0.05, 0) is 71.9 Å². The average Bonchev–Trinajstić information content (AvgIpc) is 3.44. The van der Waals surface area contributed by atoms with Crippen molar-refractivity contribution in [3.8, 4) is 0 Å². The van der Waals surface area contributed by atoms with E-state index in [1.165, 1.54) is 42.0 Å². The van der Waals surface area contributed by atoms with Crippen LogP contribution in [0.4, 0.5) is 4.39 Å². The van der Waals surface area contributed by atoms with Gasteiger partial charge >= 0.3 is 0 Å². The van der Waals surface area contributed by atoms with Crippen molar-refractivity contribution in [1.82, 2.24) is 10.6 Å². The van der Waals surface area contributed by atoms with E-state index in [9.17, 15) is 12.8 Å². The first-order valence-corrected chi connectivity index (χ1v) is 13.0. The van der Waals surface area contributed by atoms with Gasteiger partial charge in [-0.3, -0.25) is 0 Å². The number of guanidine groups is 1. The van der Waals surface area contributed by atoms with Crippen LogP contribution in [-0.4, -0.2) is 33.7 Å². The van der Waals surface area contributed by atoms with E-state index in [0.29, 0.717) is 35.5 Å². The SMILES string of the molecule is CCNC(=NCc1cc(F)ccc1CS(C)(=O)=O)NCC1C2CCc3ccccc3C21. The topological polar surface area (TPSA) is 70.6 Å². The van der Waals surface area contributed by atoms with Gasteiger partial charge in [0.1, 0.15) is 5.82 Å². The maximum absolute atomic E-state index is 13.8. The molecule has 0 saturated heterocycles. The summed E-state index contributed by atoms with van der Waals surface area (Å²) in [7, 11) is -3.21. The first-order chi connectivity index (χ1) is 14.9. The number of halogens is 1. The van der Waals surface area contributed by atoms with E-state index in [2.05, 4.69) is 39.9 Å². The third-order valence-corrected chi connectivity index (χ3v) is 7.17. The van der Waals surface area contributed by atoms with Gasteiger partial charge in [-0.2, -0.15) is 0 Å². The number of sulfone groups is 1. The molecule has 0 aliphatic heterocycles. The highest BCUT2D eigenvalue weighted by atomic mass is 32.2. The second kappa shape index (κ2) is 8.99. The highest BCUT2D eigenvalue weighted by Gasteiger charge is 2.52. The molecule has 0 heterocycles. The van der Waals surface area contributed by atoms with Crippen LogP contribution in [0.3, 0.4) is 0 Å². The van der Waals surface area contributed by atoms with E-state index in [0.717, 1.165) is 18.9 Å². The first kappa shape index (κ1) is 21.8. The summed E-state index contributed by atoms with van der Waals surface area (Å²) >= 11 is 0. The molecule has 31 heavy (non-hydrogen) atoms. The van der Waals surface area contributed by atoms with Crippen molar-refractivity contribution in [2.45, 2.75) is 38.0 Å². The third-order valence-electron chi connectivity index (χ3n) is 6.34. The molecule has 2 aliphatic carbocycles. The molecule has 0 amide bonds. The van der Waals surface area contributed by atoms with Crippen molar-refractivity contribution >= 4 is 15.8 Å². The molecule has 0 radical (unpaired) electrons. The summed E-state index contributed by atoms with van der Waals surface area (Å²) in [6, 6.07) is 13.0. The van der Waals surface area contributed by atoms with Crippen molar-refractivity contribution in [2.75, 3.05) is 19.3 Å². The second-order valence-electron chi connectivity index (χ2n) is 8.65. The summed E-state index contributed by atoms with van der Waals surface area (Å²) in [6.07, 6.45) is 3.58. The van der Waals surface area contributed by atoms with E-state index in [4.69, 9.17) is 0 Å². The molecule has 3 unspecified atom stereocenters. The summed E-state index contributed by atoms with van der Waals surface area (Å²) in [5.41, 5.74) is 4.17. The fourth-order valence-electron chi connectivity index (χ4n) is 4.87. The van der Waals surface area contributed by atoms with Gasteiger partial charge in [0, 0.05) is 19.3 Å². The zero-order valence-electron chi connectivity index (χ0n) is 18.1. The lowest BCUT2D eigenvalue weighted by atomic mass is 9.92. The van der Waals surface area contributed by atoms with Crippen LogP contribution in [0.5, 0.6) is 0 Å². The molecular weight excluding hydrogens is 413 g/mol. The highest BCUT2D eigenvalue weighted by Crippen LogP contribution is 2.59. The van der Waals surface area contributed by atoms with Crippen LogP contribution in [0.25, 0.3) is 0 Å². The molecular formula is C24H30FN3O2S. The van der Waals surface area contributed by atoms with Gasteiger partial charge in [0.2, 0.25) is 0 Å². The number of hydrogen-bond acceptors (Lipinski definition) is 3. The Morgan fingerprint density at radius 1 is 1.16 bits per heavy atom. The van der Waals surface area contributed by atoms with E-state index in [1.807, 2.05) is 6.92 Å². The van der Waals surface area contributed by atoms with Crippen molar-refractivity contribution in [3.63, 3.8) is 0 Å². The standard InChI is InChI=1S/C24H30FN3O2S/c1-3-26-24(27-13-18-12-19(25)10-8-17(18)15-31(2,29)30)28-14-22-21-11-9-16-6-4-5-7-20(16)23(21)22/h4-8,10,12,21-23H,3,9,11,13-15H2,1-2H3,(H2,26,27,28). The van der Waals surface area contributed by atoms with Crippen LogP contribution >= 0.6 is 0 Å². The molecule has 1 fully saturated rings. The van der Waals surface area contributed by atoms with Crippen molar-refractivity contribution in [1.29, 1.82) is 0 Å². The van der Waals surface area contributed by atoms with E-state index < -0.39 is 9.84 Å². The van der Waals surface area contributed by atoms with Crippen LogP contribution in [0, 0.1) is 17.7 Å². The number of rotatable bonds is 7. The molecule has 4 rings (SSSR count). The molecule has 2 aromatic carbocycles. The minimum Gasteiger partial charge on any atom is -0.357 e. The molecule has 2 aromatic rings. The molecule has 0 aromatic heterocycles. The predicted molar refractivity (Wildman–Crippen MR) is 122 cm³/mol. The lowest BCUT2D eigenvalue weighted by molar-refractivity contribution is 0.600. The first-order valence-electron chi connectivity index (χ1n) is 10.9. The van der Waals surface area contributed by atoms with Crippen LogP contribution < -0.4 is 10.6 Å². The smallest absolute Gasteiger partial charge is 0.191 e. The largest absolute Gasteiger partial charge is 0.357 e. The number of aryl methyl sites for hydroxylation is 1. The Morgan fingerprint density at radius 3 is 2.74 bits per heavy atom. The lowest BCUT2D eigenvalue weighted by Crippen LogP contribution is -2.38. The minimum atomic E-state index is -3.21. The number of hydrogen-bond donors (Lipinski definition) is 2. The fourth-order valence-corrected chi connectivity index (χ4v) is 5.72. The summed E-state index contributed by atoms with van der Waals surface area (Å²) in [5.74, 6) is 2.13. The Balaban J connectivity index is 1.43. The van der Waals surface area contributed by atoms with Crippen LogP contribution in [0.1, 0.15) is 41.5 Å². The van der Waals surface area contributed by atoms with Crippen molar-refractivity contribution < 1.29 is 12.8 Å². The number of aliphatic imine (C=N–C) groups is 1. The van der Waals surface area contributed by atoms with E-state index in [-0.39, 0.29) is 18.1 Å². The lowest BCUT2D eigenvalue weighted by Gasteiger charge is -2.13. The molecule has 7 heteroatoms. The van der Waals surface area contributed by atoms with Gasteiger partial charge in [0.25, 0.3) is 0 Å². The Bertz CT molecular complexity index is 1080. The van der Waals surface area contributed by atoms with Crippen molar-refractivity contribution in [3.05, 3.63) is 70.5 Å². The Hall–Kier alpha value is -2.41. The average molecular weight is 444 g/mol. The number of nitrogens with one attached hydrogen (secondary N) is 2. The Labute approximate surface area is 184 Å². The summed E-state index contributed by atoms with van der Waals surface area (Å²) in [5, 5.41) is 6.69. The molecule has 166 valence electrons. The van der Waals surface area contributed by atoms with E-state index in [1.54, 1.807) is 0 Å². The van der Waals surface area contributed by atoms with Gasteiger partial charge in [-0.1, -0.05) is 30.3 Å². The summed E-state index contributed by atoms with van der Waals surface area (Å²) in [4.78, 5) is 4.61. The molecule has 1 saturated carbocycles. The molecule has 2 N–H and O–H groups in total. The highest BCUT2D eigenvalue weighted by molar-refractivity contribution is 7.89. The van der Waals surface area contributed by atoms with Crippen molar-refractivity contribution in [2.24, 2.45) is 16.8 Å². The van der Waals surface area contributed by atoms with Gasteiger partial charge < -0.3 is 10.6 Å². The van der Waals surface area contributed by atoms with Crippen LogP contribution in [0.2, 0.25) is 0 Å². The minimum absolute atomic E-state index is 0.118. The van der Waals surface area contributed by atoms with Crippen LogP contribution in [-0.2, 0) is 28.6 Å². The fraction of sp³-hybridized carbons (Fsp3) is 0.458. The number of fused-ring (bicyclic) bond motifs is 3. The van der Waals surface area contributed by atoms with Gasteiger partial charge in [0.15, 0.2) is 15.8 Å². The second-order valence-corrected chi connectivity index (χ2v) is 10.8. The van der Waals surface area contributed by atoms with E-state index >= 15 is 0 Å². The normalized spacial score (nSPS) is 22.4. The summed E-state index contributed by atoms with van der Waals surface area (Å²) in [6.45, 7) is 3.78. The van der Waals surface area contributed by atoms with Crippen LogP contribution in [0.15, 0.2) is 47.5 Å². The van der Waals surface area contributed by atoms with Gasteiger partial charge in [-0.15, -0.1) is 0 Å². The Morgan fingerprint density at radius 2 is 1.97 bits per heavy atom. The molecule has 3 atom stereocenters. The maximum atomic E-state index is 13.8. The predicted octanol–water partition coefficient (Wildman–Crippen LogP) is 3.40. The van der Waals surface area contributed by atoms with Gasteiger partial charge in [-0.25, -0.2) is 17.8 Å². The van der Waals surface area contributed by atoms with Gasteiger partial charge in [0.05, 0.1) is 12.3 Å². The quantitative estimate of drug-likeness (QED) is 0.508. The number of nitrogens with zero attached hydrogens (tertiary/aromatic N) is 1. The summed E-state index contributed by atoms with van der Waals surface area (Å²) < 4.78 is 37.2. The molecule has 5 nitrogen and oxygen atoms in total. The molecule has 0 spiro atoms. The number of benzene rings is 2.